The zero-order valence-corrected chi connectivity index (χ0v) is 10.2. The van der Waals surface area contributed by atoms with Crippen molar-refractivity contribution in [1.29, 1.82) is 5.26 Å². The van der Waals surface area contributed by atoms with Crippen LogP contribution in [0.1, 0.15) is 11.1 Å². The average molecular weight is 263 g/mol. The predicted octanol–water partition coefficient (Wildman–Crippen LogP) is 1.66. The second-order valence-electron chi connectivity index (χ2n) is 3.61. The lowest BCUT2D eigenvalue weighted by molar-refractivity contribution is 0.420. The van der Waals surface area contributed by atoms with Gasteiger partial charge in [0.05, 0.1) is 22.7 Å². The van der Waals surface area contributed by atoms with Crippen LogP contribution < -0.4 is 4.72 Å². The van der Waals surface area contributed by atoms with Crippen LogP contribution in [-0.4, -0.2) is 13.6 Å². The number of nitrogens with zero attached hydrogens (tertiary/aromatic N) is 2. The highest BCUT2D eigenvalue weighted by Gasteiger charge is 2.17. The number of sulfonamides is 1. The first-order valence-electron chi connectivity index (χ1n) is 4.96. The molecule has 18 heavy (non-hydrogen) atoms. The Balaban J connectivity index is 2.39. The number of nitrogens with one attached hydrogen (secondary N) is 1. The van der Waals surface area contributed by atoms with Crippen molar-refractivity contribution in [3.05, 3.63) is 41.8 Å². The van der Waals surface area contributed by atoms with Gasteiger partial charge in [-0.2, -0.15) is 5.26 Å². The van der Waals surface area contributed by atoms with E-state index < -0.39 is 10.0 Å². The monoisotopic (exact) mass is 263 g/mol. The summed E-state index contributed by atoms with van der Waals surface area (Å²) in [5.74, 6) is 0. The van der Waals surface area contributed by atoms with Gasteiger partial charge in [-0.1, -0.05) is 5.16 Å². The summed E-state index contributed by atoms with van der Waals surface area (Å²) in [6.07, 6.45) is 2.45. The molecule has 0 aliphatic heterocycles. The molecule has 92 valence electrons. The molecule has 2 rings (SSSR count). The van der Waals surface area contributed by atoms with Crippen molar-refractivity contribution in [2.75, 3.05) is 4.72 Å². The van der Waals surface area contributed by atoms with Crippen LogP contribution in [-0.2, 0) is 10.0 Å². The van der Waals surface area contributed by atoms with Crippen LogP contribution in [0, 0.1) is 18.3 Å². The number of anilines is 1. The largest absolute Gasteiger partial charge is 0.362 e. The highest BCUT2D eigenvalue weighted by molar-refractivity contribution is 7.92. The summed E-state index contributed by atoms with van der Waals surface area (Å²) in [5.41, 5.74) is 1.16. The number of benzene rings is 1. The minimum Gasteiger partial charge on any atom is -0.362 e. The van der Waals surface area contributed by atoms with Gasteiger partial charge in [-0.15, -0.1) is 0 Å². The van der Waals surface area contributed by atoms with E-state index in [0.717, 1.165) is 0 Å². The molecule has 2 aromatic rings. The Morgan fingerprint density at radius 3 is 2.78 bits per heavy atom. The maximum Gasteiger partial charge on any atom is 0.262 e. The minimum atomic E-state index is -3.70. The van der Waals surface area contributed by atoms with Gasteiger partial charge in [0.2, 0.25) is 0 Å². The van der Waals surface area contributed by atoms with E-state index in [9.17, 15) is 8.42 Å². The third-order valence-corrected chi connectivity index (χ3v) is 3.82. The van der Waals surface area contributed by atoms with E-state index in [4.69, 9.17) is 5.26 Å². The summed E-state index contributed by atoms with van der Waals surface area (Å²) in [7, 11) is -3.70. The molecule has 6 nitrogen and oxygen atoms in total. The van der Waals surface area contributed by atoms with E-state index in [2.05, 4.69) is 14.4 Å². The van der Waals surface area contributed by atoms with Crippen LogP contribution in [0.25, 0.3) is 0 Å². The topological polar surface area (TPSA) is 96.0 Å². The summed E-state index contributed by atoms with van der Waals surface area (Å²) < 4.78 is 31.0. The van der Waals surface area contributed by atoms with Gasteiger partial charge in [-0.25, -0.2) is 8.42 Å². The third-order valence-electron chi connectivity index (χ3n) is 2.28. The number of hydrogen-bond acceptors (Lipinski definition) is 5. The summed E-state index contributed by atoms with van der Waals surface area (Å²) >= 11 is 0. The summed E-state index contributed by atoms with van der Waals surface area (Å²) in [4.78, 5) is 0.114. The molecule has 0 bridgehead atoms. The second kappa shape index (κ2) is 4.50. The first kappa shape index (κ1) is 12.1. The molecule has 1 aromatic heterocycles. The number of rotatable bonds is 3. The average Bonchev–Trinajstić information content (AvgIpc) is 2.80. The molecule has 1 N–H and O–H groups in total. The Kier molecular flexibility index (Phi) is 3.04. The van der Waals surface area contributed by atoms with Gasteiger partial charge in [0.15, 0.2) is 0 Å². The van der Waals surface area contributed by atoms with E-state index >= 15 is 0 Å². The second-order valence-corrected chi connectivity index (χ2v) is 5.26. The molecule has 0 fully saturated rings. The Hall–Kier alpha value is -2.33. The molecular formula is C11H9N3O3S. The first-order valence-corrected chi connectivity index (χ1v) is 6.44. The van der Waals surface area contributed by atoms with Crippen molar-refractivity contribution < 1.29 is 12.9 Å². The predicted molar refractivity (Wildman–Crippen MR) is 63.2 cm³/mol. The quantitative estimate of drug-likeness (QED) is 0.908. The Labute approximate surface area is 104 Å². The van der Waals surface area contributed by atoms with Gasteiger partial charge < -0.3 is 4.52 Å². The van der Waals surface area contributed by atoms with Crippen molar-refractivity contribution in [2.45, 2.75) is 11.8 Å². The maximum absolute atomic E-state index is 12.1. The van der Waals surface area contributed by atoms with Crippen LogP contribution in [0.2, 0.25) is 0 Å². The van der Waals surface area contributed by atoms with Crippen LogP contribution in [0.15, 0.2) is 40.1 Å². The first-order chi connectivity index (χ1) is 8.53. The van der Waals surface area contributed by atoms with Crippen LogP contribution in [0.5, 0.6) is 0 Å². The number of aromatic nitrogens is 1. The lowest BCUT2D eigenvalue weighted by Crippen LogP contribution is -2.13. The fourth-order valence-corrected chi connectivity index (χ4v) is 2.74. The Morgan fingerprint density at radius 2 is 2.22 bits per heavy atom. The van der Waals surface area contributed by atoms with E-state index in [-0.39, 0.29) is 10.6 Å². The zero-order valence-electron chi connectivity index (χ0n) is 9.41. The Bertz CT molecular complexity index is 700. The molecule has 1 aromatic carbocycles. The fraction of sp³-hybridized carbons (Fsp3) is 0.0909. The maximum atomic E-state index is 12.1. The molecule has 0 unspecified atom stereocenters. The summed E-state index contributed by atoms with van der Waals surface area (Å²) in [5, 5.41) is 12.1. The van der Waals surface area contributed by atoms with Crippen molar-refractivity contribution >= 4 is 15.7 Å². The van der Waals surface area contributed by atoms with Gasteiger partial charge in [0.1, 0.15) is 12.0 Å². The van der Waals surface area contributed by atoms with Crippen molar-refractivity contribution in [2.24, 2.45) is 0 Å². The van der Waals surface area contributed by atoms with Crippen molar-refractivity contribution in [3.63, 3.8) is 0 Å². The van der Waals surface area contributed by atoms with Crippen LogP contribution >= 0.6 is 0 Å². The van der Waals surface area contributed by atoms with E-state index in [1.54, 1.807) is 6.92 Å². The van der Waals surface area contributed by atoms with E-state index in [1.807, 2.05) is 6.07 Å². The summed E-state index contributed by atoms with van der Waals surface area (Å²) in [6, 6.07) is 6.31. The zero-order chi connectivity index (χ0) is 13.2. The van der Waals surface area contributed by atoms with Crippen LogP contribution in [0.3, 0.4) is 0 Å². The molecule has 0 aliphatic carbocycles. The highest BCUT2D eigenvalue weighted by atomic mass is 32.2. The van der Waals surface area contributed by atoms with Gasteiger partial charge >= 0.3 is 0 Å². The molecule has 7 heteroatoms. The highest BCUT2D eigenvalue weighted by Crippen LogP contribution is 2.19. The van der Waals surface area contributed by atoms with Gasteiger partial charge in [-0.05, 0) is 30.7 Å². The molecule has 0 radical (unpaired) electrons. The standard InChI is InChI=1S/C11H9N3O3S/c1-8-4-9(5-12)2-3-11(8)18(15,16)14-10-6-13-17-7-10/h2-4,6-7,14H,1H3. The lowest BCUT2D eigenvalue weighted by atomic mass is 10.2. The molecule has 0 saturated heterocycles. The Morgan fingerprint density at radius 1 is 1.44 bits per heavy atom. The minimum absolute atomic E-state index is 0.114. The number of nitriles is 1. The normalized spacial score (nSPS) is 10.9. The fourth-order valence-electron chi connectivity index (χ4n) is 1.49. The molecule has 0 atom stereocenters. The molecule has 0 aliphatic rings. The third kappa shape index (κ3) is 2.33. The van der Waals surface area contributed by atoms with Gasteiger partial charge in [-0.3, -0.25) is 4.72 Å². The SMILES string of the molecule is Cc1cc(C#N)ccc1S(=O)(=O)Nc1cnoc1. The number of aryl methyl sites for hydroxylation is 1. The lowest BCUT2D eigenvalue weighted by Gasteiger charge is -2.08. The smallest absolute Gasteiger partial charge is 0.262 e. The molecular weight excluding hydrogens is 254 g/mol. The van der Waals surface area contributed by atoms with Gasteiger partial charge in [0, 0.05) is 0 Å². The molecule has 0 saturated carbocycles. The molecule has 0 amide bonds. The van der Waals surface area contributed by atoms with Gasteiger partial charge in [0.25, 0.3) is 10.0 Å². The van der Waals surface area contributed by atoms with Crippen molar-refractivity contribution in [3.8, 4) is 6.07 Å². The molecule has 1 heterocycles. The van der Waals surface area contributed by atoms with E-state index in [1.165, 1.54) is 30.7 Å². The van der Waals surface area contributed by atoms with Crippen molar-refractivity contribution in [1.82, 2.24) is 5.16 Å². The number of hydrogen-bond donors (Lipinski definition) is 1. The molecule has 0 spiro atoms. The van der Waals surface area contributed by atoms with Crippen LogP contribution in [0.4, 0.5) is 5.69 Å². The van der Waals surface area contributed by atoms with E-state index in [0.29, 0.717) is 11.1 Å². The summed E-state index contributed by atoms with van der Waals surface area (Å²) in [6.45, 7) is 1.63.